The second-order valence-corrected chi connectivity index (χ2v) is 6.40. The van der Waals surface area contributed by atoms with Crippen molar-refractivity contribution in [1.82, 2.24) is 10.6 Å². The lowest BCUT2D eigenvalue weighted by molar-refractivity contribution is -0.120. The molecule has 2 N–H and O–H groups in total. The first-order valence-electron chi connectivity index (χ1n) is 9.26. The van der Waals surface area contributed by atoms with Gasteiger partial charge in [-0.2, -0.15) is 0 Å². The van der Waals surface area contributed by atoms with Gasteiger partial charge in [-0.1, -0.05) is 12.1 Å². The van der Waals surface area contributed by atoms with Gasteiger partial charge >= 0.3 is 0 Å². The van der Waals surface area contributed by atoms with E-state index < -0.39 is 0 Å². The van der Waals surface area contributed by atoms with Gasteiger partial charge in [0.05, 0.1) is 14.2 Å². The van der Waals surface area contributed by atoms with E-state index in [0.717, 1.165) is 29.0 Å². The van der Waals surface area contributed by atoms with Crippen LogP contribution in [0.25, 0.3) is 0 Å². The number of rotatable bonds is 10. The highest BCUT2D eigenvalue weighted by Gasteiger charge is 2.13. The second-order valence-electron chi connectivity index (χ2n) is 6.40. The quantitative estimate of drug-likeness (QED) is 0.610. The molecule has 7 heteroatoms. The summed E-state index contributed by atoms with van der Waals surface area (Å²) in [6.45, 7) is 2.14. The van der Waals surface area contributed by atoms with Crippen molar-refractivity contribution in [2.75, 3.05) is 34.1 Å². The van der Waals surface area contributed by atoms with E-state index in [9.17, 15) is 4.79 Å². The molecule has 0 unspecified atom stereocenters. The van der Waals surface area contributed by atoms with E-state index in [1.54, 1.807) is 14.2 Å². The van der Waals surface area contributed by atoms with Crippen LogP contribution >= 0.6 is 0 Å². The molecule has 28 heavy (non-hydrogen) atoms. The summed E-state index contributed by atoms with van der Waals surface area (Å²) in [5.41, 5.74) is 2.18. The molecule has 1 amide bonds. The first-order valence-corrected chi connectivity index (χ1v) is 9.26. The SMILES string of the molecule is COc1ccc(CCNC(=O)CCNCc2ccc3c(c2)OCO3)cc1OC. The smallest absolute Gasteiger partial charge is 0.231 e. The topological polar surface area (TPSA) is 78.1 Å². The van der Waals surface area contributed by atoms with Crippen LogP contribution in [0.5, 0.6) is 23.0 Å². The molecule has 0 radical (unpaired) electrons. The molecule has 0 saturated carbocycles. The lowest BCUT2D eigenvalue weighted by atomic mass is 10.1. The molecular formula is C21H26N2O5. The standard InChI is InChI=1S/C21H26N2O5/c1-25-17-5-3-15(11-19(17)26-2)7-10-23-21(24)8-9-22-13-16-4-6-18-20(12-16)28-14-27-18/h3-6,11-12,22H,7-10,13-14H2,1-2H3,(H,23,24). The van der Waals surface area contributed by atoms with E-state index in [4.69, 9.17) is 18.9 Å². The third-order valence-corrected chi connectivity index (χ3v) is 4.48. The number of fused-ring (bicyclic) bond motifs is 1. The van der Waals surface area contributed by atoms with Gasteiger partial charge in [0, 0.05) is 26.1 Å². The Kier molecular flexibility index (Phi) is 6.97. The van der Waals surface area contributed by atoms with E-state index >= 15 is 0 Å². The third-order valence-electron chi connectivity index (χ3n) is 4.48. The van der Waals surface area contributed by atoms with E-state index in [1.807, 2.05) is 36.4 Å². The average molecular weight is 386 g/mol. The van der Waals surface area contributed by atoms with Crippen molar-refractivity contribution in [1.29, 1.82) is 0 Å². The average Bonchev–Trinajstić information content (AvgIpc) is 3.19. The van der Waals surface area contributed by atoms with Crippen LogP contribution < -0.4 is 29.6 Å². The van der Waals surface area contributed by atoms with Crippen molar-refractivity contribution < 1.29 is 23.7 Å². The number of amides is 1. The molecule has 1 aliphatic heterocycles. The first kappa shape index (κ1) is 19.8. The van der Waals surface area contributed by atoms with Gasteiger partial charge in [-0.05, 0) is 41.8 Å². The molecule has 0 atom stereocenters. The summed E-state index contributed by atoms with van der Waals surface area (Å²) < 4.78 is 21.2. The highest BCUT2D eigenvalue weighted by atomic mass is 16.7. The van der Waals surface area contributed by atoms with Crippen LogP contribution in [0.3, 0.4) is 0 Å². The minimum atomic E-state index is 0.0265. The zero-order valence-corrected chi connectivity index (χ0v) is 16.2. The van der Waals surface area contributed by atoms with Crippen LogP contribution in [-0.2, 0) is 17.8 Å². The monoisotopic (exact) mass is 386 g/mol. The molecule has 0 aromatic heterocycles. The minimum absolute atomic E-state index is 0.0265. The molecule has 1 heterocycles. The number of carbonyl (C=O) groups is 1. The number of nitrogens with one attached hydrogen (secondary N) is 2. The molecule has 150 valence electrons. The van der Waals surface area contributed by atoms with E-state index in [1.165, 1.54) is 0 Å². The Labute approximate surface area is 164 Å². The van der Waals surface area contributed by atoms with Crippen molar-refractivity contribution in [3.8, 4) is 23.0 Å². The Morgan fingerprint density at radius 1 is 0.964 bits per heavy atom. The van der Waals surface area contributed by atoms with Gasteiger partial charge in [-0.3, -0.25) is 4.79 Å². The predicted octanol–water partition coefficient (Wildman–Crippen LogP) is 2.27. The highest BCUT2D eigenvalue weighted by molar-refractivity contribution is 5.76. The van der Waals surface area contributed by atoms with Crippen LogP contribution in [0.15, 0.2) is 36.4 Å². The normalized spacial score (nSPS) is 11.9. The van der Waals surface area contributed by atoms with Crippen molar-refractivity contribution in [2.45, 2.75) is 19.4 Å². The lowest BCUT2D eigenvalue weighted by Crippen LogP contribution is -2.29. The third kappa shape index (κ3) is 5.29. The number of ether oxygens (including phenoxy) is 4. The number of hydrogen-bond acceptors (Lipinski definition) is 6. The summed E-state index contributed by atoms with van der Waals surface area (Å²) in [7, 11) is 3.22. The van der Waals surface area contributed by atoms with Gasteiger partial charge in [-0.25, -0.2) is 0 Å². The molecule has 2 aromatic rings. The summed E-state index contributed by atoms with van der Waals surface area (Å²) in [6, 6.07) is 11.6. The molecule has 0 saturated heterocycles. The number of carbonyl (C=O) groups excluding carboxylic acids is 1. The number of hydrogen-bond donors (Lipinski definition) is 2. The predicted molar refractivity (Wildman–Crippen MR) is 105 cm³/mol. The fourth-order valence-corrected chi connectivity index (χ4v) is 2.96. The summed E-state index contributed by atoms with van der Waals surface area (Å²) in [4.78, 5) is 12.0. The molecule has 2 aromatic carbocycles. The van der Waals surface area contributed by atoms with Gasteiger partial charge in [0.15, 0.2) is 23.0 Å². The second kappa shape index (κ2) is 9.85. The maximum absolute atomic E-state index is 12.0. The van der Waals surface area contributed by atoms with Crippen molar-refractivity contribution >= 4 is 5.91 Å². The Morgan fingerprint density at radius 3 is 2.57 bits per heavy atom. The maximum Gasteiger partial charge on any atom is 0.231 e. The van der Waals surface area contributed by atoms with Gasteiger partial charge in [0.25, 0.3) is 0 Å². The molecule has 0 fully saturated rings. The maximum atomic E-state index is 12.0. The highest BCUT2D eigenvalue weighted by Crippen LogP contribution is 2.32. The molecule has 1 aliphatic rings. The van der Waals surface area contributed by atoms with Crippen LogP contribution in [0.1, 0.15) is 17.5 Å². The molecule has 0 spiro atoms. The van der Waals surface area contributed by atoms with Gasteiger partial charge < -0.3 is 29.6 Å². The number of methoxy groups -OCH3 is 2. The minimum Gasteiger partial charge on any atom is -0.493 e. The summed E-state index contributed by atoms with van der Waals surface area (Å²) in [5.74, 6) is 2.96. The fourth-order valence-electron chi connectivity index (χ4n) is 2.96. The Balaban J connectivity index is 1.32. The zero-order valence-electron chi connectivity index (χ0n) is 16.2. The van der Waals surface area contributed by atoms with E-state index in [2.05, 4.69) is 10.6 Å². The number of benzene rings is 2. The first-order chi connectivity index (χ1) is 13.7. The van der Waals surface area contributed by atoms with Crippen LogP contribution in [0.4, 0.5) is 0 Å². The summed E-state index contributed by atoms with van der Waals surface area (Å²) in [5, 5.41) is 6.21. The van der Waals surface area contributed by atoms with E-state index in [0.29, 0.717) is 37.6 Å². The summed E-state index contributed by atoms with van der Waals surface area (Å²) in [6.07, 6.45) is 1.16. The Bertz CT molecular complexity index is 809. The summed E-state index contributed by atoms with van der Waals surface area (Å²) >= 11 is 0. The van der Waals surface area contributed by atoms with E-state index in [-0.39, 0.29) is 12.7 Å². The molecule has 3 rings (SSSR count). The van der Waals surface area contributed by atoms with Crippen molar-refractivity contribution in [2.24, 2.45) is 0 Å². The molecular weight excluding hydrogens is 360 g/mol. The van der Waals surface area contributed by atoms with Crippen LogP contribution in [0.2, 0.25) is 0 Å². The zero-order chi connectivity index (χ0) is 19.8. The van der Waals surface area contributed by atoms with Crippen molar-refractivity contribution in [3.05, 3.63) is 47.5 Å². The van der Waals surface area contributed by atoms with Crippen molar-refractivity contribution in [3.63, 3.8) is 0 Å². The van der Waals surface area contributed by atoms with Gasteiger partial charge in [0.1, 0.15) is 0 Å². The van der Waals surface area contributed by atoms with Crippen LogP contribution in [0, 0.1) is 0 Å². The molecule has 0 aliphatic carbocycles. The Morgan fingerprint density at radius 2 is 1.75 bits per heavy atom. The lowest BCUT2D eigenvalue weighted by Gasteiger charge is -2.10. The van der Waals surface area contributed by atoms with Gasteiger partial charge in [-0.15, -0.1) is 0 Å². The fraction of sp³-hybridized carbons (Fsp3) is 0.381. The van der Waals surface area contributed by atoms with Gasteiger partial charge in [0.2, 0.25) is 12.7 Å². The Hall–Kier alpha value is -2.93. The molecule has 7 nitrogen and oxygen atoms in total. The molecule has 0 bridgehead atoms. The van der Waals surface area contributed by atoms with Crippen LogP contribution in [-0.4, -0.2) is 40.0 Å². The largest absolute Gasteiger partial charge is 0.493 e.